The molecule has 0 spiro atoms. The highest BCUT2D eigenvalue weighted by Gasteiger charge is 2.19. The predicted molar refractivity (Wildman–Crippen MR) is 228 cm³/mol. The van der Waals surface area contributed by atoms with E-state index in [1.165, 1.54) is 38.6 Å². The molecule has 0 aliphatic heterocycles. The lowest BCUT2D eigenvalue weighted by molar-refractivity contribution is 0.669. The third-order valence-corrected chi connectivity index (χ3v) is 10.5. The van der Waals surface area contributed by atoms with Crippen molar-refractivity contribution in [3.05, 3.63) is 212 Å². The van der Waals surface area contributed by atoms with Gasteiger partial charge in [0.1, 0.15) is 11.2 Å². The average Bonchev–Trinajstić information content (AvgIpc) is 3.63. The van der Waals surface area contributed by atoms with Crippen LogP contribution in [0, 0.1) is 0 Å². The van der Waals surface area contributed by atoms with Crippen LogP contribution in [-0.4, -0.2) is 0 Å². The minimum Gasteiger partial charge on any atom is -0.456 e. The maximum absolute atomic E-state index is 6.20. The summed E-state index contributed by atoms with van der Waals surface area (Å²) in [5.74, 6) is 0. The molecule has 10 rings (SSSR count). The van der Waals surface area contributed by atoms with Crippen LogP contribution in [0.3, 0.4) is 0 Å². The number of hydrogen-bond acceptors (Lipinski definition) is 2. The van der Waals surface area contributed by atoms with Gasteiger partial charge >= 0.3 is 0 Å². The Balaban J connectivity index is 1.09. The number of hydrogen-bond donors (Lipinski definition) is 0. The third-order valence-electron chi connectivity index (χ3n) is 10.5. The van der Waals surface area contributed by atoms with Crippen LogP contribution in [0.15, 0.2) is 217 Å². The summed E-state index contributed by atoms with van der Waals surface area (Å²) < 4.78 is 6.20. The van der Waals surface area contributed by atoms with Gasteiger partial charge in [-0.1, -0.05) is 164 Å². The first kappa shape index (κ1) is 31.6. The van der Waals surface area contributed by atoms with E-state index >= 15 is 0 Å². The molecule has 10 aromatic rings. The minimum absolute atomic E-state index is 0.893. The lowest BCUT2D eigenvalue weighted by Gasteiger charge is -2.28. The van der Waals surface area contributed by atoms with Crippen LogP contribution in [-0.2, 0) is 0 Å². The maximum Gasteiger partial charge on any atom is 0.135 e. The van der Waals surface area contributed by atoms with Crippen LogP contribution in [0.1, 0.15) is 0 Å². The normalized spacial score (nSPS) is 11.3. The Morgan fingerprint density at radius 3 is 1.74 bits per heavy atom. The van der Waals surface area contributed by atoms with Gasteiger partial charge in [0.25, 0.3) is 0 Å². The molecule has 2 heteroatoms. The molecular weight excluding hydrogens is 655 g/mol. The highest BCUT2D eigenvalue weighted by molar-refractivity contribution is 6.07. The zero-order chi connectivity index (χ0) is 35.8. The molecule has 0 saturated heterocycles. The third kappa shape index (κ3) is 5.71. The second kappa shape index (κ2) is 13.4. The summed E-state index contributed by atoms with van der Waals surface area (Å²) in [4.78, 5) is 2.38. The van der Waals surface area contributed by atoms with Crippen LogP contribution in [0.25, 0.3) is 77.2 Å². The minimum atomic E-state index is 0.893. The number of anilines is 3. The van der Waals surface area contributed by atoms with E-state index in [1.54, 1.807) is 0 Å². The van der Waals surface area contributed by atoms with Crippen molar-refractivity contribution < 1.29 is 4.42 Å². The average molecular weight is 690 g/mol. The van der Waals surface area contributed by atoms with Gasteiger partial charge in [-0.05, 0) is 98.2 Å². The predicted octanol–water partition coefficient (Wildman–Crippen LogP) is 14.9. The van der Waals surface area contributed by atoms with Crippen molar-refractivity contribution in [2.45, 2.75) is 0 Å². The fraction of sp³-hybridized carbons (Fsp3) is 0. The largest absolute Gasteiger partial charge is 0.456 e. The van der Waals surface area contributed by atoms with Crippen molar-refractivity contribution in [2.75, 3.05) is 4.90 Å². The van der Waals surface area contributed by atoms with Gasteiger partial charge in [0, 0.05) is 27.7 Å². The second-order valence-corrected chi connectivity index (χ2v) is 13.7. The zero-order valence-electron chi connectivity index (χ0n) is 29.6. The van der Waals surface area contributed by atoms with Gasteiger partial charge in [0.15, 0.2) is 0 Å². The maximum atomic E-state index is 6.20. The Labute approximate surface area is 314 Å². The fourth-order valence-corrected chi connectivity index (χ4v) is 7.81. The van der Waals surface area contributed by atoms with Crippen LogP contribution in [0.4, 0.5) is 17.1 Å². The lowest BCUT2D eigenvalue weighted by atomic mass is 9.96. The summed E-state index contributed by atoms with van der Waals surface area (Å²) in [5.41, 5.74) is 14.5. The Hall–Kier alpha value is -7.16. The molecule has 0 aliphatic carbocycles. The summed E-state index contributed by atoms with van der Waals surface area (Å²) in [6, 6.07) is 76.0. The summed E-state index contributed by atoms with van der Waals surface area (Å²) >= 11 is 0. The summed E-state index contributed by atoms with van der Waals surface area (Å²) in [5, 5.41) is 4.76. The number of rotatable bonds is 7. The van der Waals surface area contributed by atoms with Gasteiger partial charge in [-0.2, -0.15) is 0 Å². The fourth-order valence-electron chi connectivity index (χ4n) is 7.81. The Bertz CT molecular complexity index is 2920. The molecule has 1 aromatic heterocycles. The van der Waals surface area contributed by atoms with E-state index < -0.39 is 0 Å². The first-order valence-electron chi connectivity index (χ1n) is 18.4. The molecule has 0 bridgehead atoms. The number of furan rings is 1. The number of nitrogens with zero attached hydrogens (tertiary/aromatic N) is 1. The SMILES string of the molecule is c1ccc(-c2ccc(N(c3cccc(-c4ccc(-c5cccc6ccccc56)cc4)c3)c3ccccc3-c3ccc4oc5ccccc5c4c3)cc2)cc1. The molecular formula is C52H35NO. The molecule has 0 fully saturated rings. The van der Waals surface area contributed by atoms with E-state index in [9.17, 15) is 0 Å². The standard InChI is InChI=1S/C52H35NO/c1-2-12-36(13-3-1)37-28-31-43(32-29-37)53(50-22-8-6-19-47(50)42-30-33-52-49(35-42)48-20-7-9-23-51(48)54-52)44-17-10-16-41(34-44)38-24-26-40(27-25-38)46-21-11-15-39-14-4-5-18-45(39)46/h1-35H. The summed E-state index contributed by atoms with van der Waals surface area (Å²) in [7, 11) is 0. The molecule has 0 aliphatic rings. The van der Waals surface area contributed by atoms with Gasteiger partial charge in [-0.15, -0.1) is 0 Å². The van der Waals surface area contributed by atoms with Crippen molar-refractivity contribution in [2.24, 2.45) is 0 Å². The quantitative estimate of drug-likeness (QED) is 0.166. The molecule has 9 aromatic carbocycles. The van der Waals surface area contributed by atoms with Crippen molar-refractivity contribution in [3.63, 3.8) is 0 Å². The van der Waals surface area contributed by atoms with Crippen molar-refractivity contribution in [1.82, 2.24) is 0 Å². The lowest BCUT2D eigenvalue weighted by Crippen LogP contribution is -2.11. The molecule has 2 nitrogen and oxygen atoms in total. The molecule has 0 N–H and O–H groups in total. The van der Waals surface area contributed by atoms with Gasteiger partial charge in [0.2, 0.25) is 0 Å². The molecule has 54 heavy (non-hydrogen) atoms. The number of benzene rings is 9. The van der Waals surface area contributed by atoms with Gasteiger partial charge < -0.3 is 9.32 Å². The van der Waals surface area contributed by atoms with Crippen molar-refractivity contribution >= 4 is 49.8 Å². The smallest absolute Gasteiger partial charge is 0.135 e. The molecule has 0 saturated carbocycles. The molecule has 0 unspecified atom stereocenters. The second-order valence-electron chi connectivity index (χ2n) is 13.7. The van der Waals surface area contributed by atoms with Gasteiger partial charge in [-0.3, -0.25) is 0 Å². The monoisotopic (exact) mass is 689 g/mol. The van der Waals surface area contributed by atoms with E-state index in [-0.39, 0.29) is 0 Å². The highest BCUT2D eigenvalue weighted by atomic mass is 16.3. The Morgan fingerprint density at radius 1 is 0.296 bits per heavy atom. The van der Waals surface area contributed by atoms with Crippen molar-refractivity contribution in [1.29, 1.82) is 0 Å². The van der Waals surface area contributed by atoms with E-state index in [1.807, 2.05) is 12.1 Å². The highest BCUT2D eigenvalue weighted by Crippen LogP contribution is 2.43. The molecule has 254 valence electrons. The Morgan fingerprint density at radius 2 is 0.870 bits per heavy atom. The first-order valence-corrected chi connectivity index (χ1v) is 18.4. The zero-order valence-corrected chi connectivity index (χ0v) is 29.6. The number of para-hydroxylation sites is 2. The topological polar surface area (TPSA) is 16.4 Å². The van der Waals surface area contributed by atoms with Crippen LogP contribution < -0.4 is 4.90 Å². The van der Waals surface area contributed by atoms with Gasteiger partial charge in [-0.25, -0.2) is 0 Å². The molecule has 0 amide bonds. The van der Waals surface area contributed by atoms with E-state index in [4.69, 9.17) is 4.42 Å². The molecule has 0 atom stereocenters. The van der Waals surface area contributed by atoms with E-state index in [0.717, 1.165) is 55.7 Å². The summed E-state index contributed by atoms with van der Waals surface area (Å²) in [6.07, 6.45) is 0. The van der Waals surface area contributed by atoms with E-state index in [2.05, 4.69) is 205 Å². The molecule has 1 heterocycles. The van der Waals surface area contributed by atoms with E-state index in [0.29, 0.717) is 0 Å². The first-order chi connectivity index (χ1) is 26.8. The summed E-state index contributed by atoms with van der Waals surface area (Å²) in [6.45, 7) is 0. The Kier molecular flexibility index (Phi) is 7.85. The van der Waals surface area contributed by atoms with Crippen molar-refractivity contribution in [3.8, 4) is 44.5 Å². The van der Waals surface area contributed by atoms with Crippen LogP contribution in [0.2, 0.25) is 0 Å². The number of fused-ring (bicyclic) bond motifs is 4. The van der Waals surface area contributed by atoms with Gasteiger partial charge in [0.05, 0.1) is 5.69 Å². The van der Waals surface area contributed by atoms with Crippen LogP contribution >= 0.6 is 0 Å². The molecule has 0 radical (unpaired) electrons. The van der Waals surface area contributed by atoms with Crippen LogP contribution in [0.5, 0.6) is 0 Å².